The Labute approximate surface area is 159 Å². The summed E-state index contributed by atoms with van der Waals surface area (Å²) in [7, 11) is 0. The number of aryl methyl sites for hydroxylation is 1. The largest absolute Gasteiger partial charge is 0.416 e. The Hall–Kier alpha value is -1.92. The van der Waals surface area contributed by atoms with Gasteiger partial charge in [0.2, 0.25) is 0 Å². The van der Waals surface area contributed by atoms with Crippen LogP contribution in [0.15, 0.2) is 72.1 Å². The molecule has 0 aliphatic rings. The van der Waals surface area contributed by atoms with Crippen molar-refractivity contribution in [3.05, 3.63) is 83.4 Å². The SMILES string of the molecule is FC(F)(F)c1ccc(SC(CCn2ccnc2)c2ccc(Cl)cc2)cc1. The quantitative estimate of drug-likeness (QED) is 0.444. The minimum Gasteiger partial charge on any atom is -0.337 e. The second-order valence-corrected chi connectivity index (χ2v) is 7.48. The van der Waals surface area contributed by atoms with Crippen molar-refractivity contribution in [2.75, 3.05) is 0 Å². The van der Waals surface area contributed by atoms with E-state index in [-0.39, 0.29) is 5.25 Å². The van der Waals surface area contributed by atoms with E-state index < -0.39 is 11.7 Å². The third-order valence-corrected chi connectivity index (χ3v) is 5.50. The van der Waals surface area contributed by atoms with E-state index in [0.29, 0.717) is 5.02 Å². The number of nitrogens with zero attached hydrogens (tertiary/aromatic N) is 2. The van der Waals surface area contributed by atoms with E-state index in [2.05, 4.69) is 4.98 Å². The molecule has 0 radical (unpaired) electrons. The number of halogens is 4. The van der Waals surface area contributed by atoms with Crippen LogP contribution in [-0.2, 0) is 12.7 Å². The normalized spacial score (nSPS) is 12.9. The smallest absolute Gasteiger partial charge is 0.337 e. The average Bonchev–Trinajstić information content (AvgIpc) is 3.12. The molecular weight excluding hydrogens is 381 g/mol. The molecular formula is C19H16ClF3N2S. The highest BCUT2D eigenvalue weighted by molar-refractivity contribution is 7.99. The number of alkyl halides is 3. The summed E-state index contributed by atoms with van der Waals surface area (Å²) < 4.78 is 40.2. The fourth-order valence-electron chi connectivity index (χ4n) is 2.54. The Bertz CT molecular complexity index is 815. The number of aromatic nitrogens is 2. The second kappa shape index (κ2) is 8.18. The van der Waals surface area contributed by atoms with Crippen molar-refractivity contribution in [3.63, 3.8) is 0 Å². The second-order valence-electron chi connectivity index (χ2n) is 5.77. The lowest BCUT2D eigenvalue weighted by Gasteiger charge is -2.18. The Balaban J connectivity index is 1.77. The lowest BCUT2D eigenvalue weighted by atomic mass is 10.1. The van der Waals surface area contributed by atoms with E-state index in [1.54, 1.807) is 24.3 Å². The van der Waals surface area contributed by atoms with Gasteiger partial charge in [-0.2, -0.15) is 13.2 Å². The molecule has 0 saturated carbocycles. The number of hydrogen-bond donors (Lipinski definition) is 0. The zero-order valence-corrected chi connectivity index (χ0v) is 15.2. The topological polar surface area (TPSA) is 17.8 Å². The Morgan fingerprint density at radius 3 is 2.31 bits per heavy atom. The summed E-state index contributed by atoms with van der Waals surface area (Å²) in [5.74, 6) is 0. The van der Waals surface area contributed by atoms with Crippen molar-refractivity contribution >= 4 is 23.4 Å². The van der Waals surface area contributed by atoms with Gasteiger partial charge in [0.05, 0.1) is 11.9 Å². The summed E-state index contributed by atoms with van der Waals surface area (Å²) in [6, 6.07) is 12.9. The first-order chi connectivity index (χ1) is 12.4. The Morgan fingerprint density at radius 1 is 1.04 bits per heavy atom. The number of hydrogen-bond acceptors (Lipinski definition) is 2. The molecule has 0 fully saturated rings. The molecule has 3 rings (SSSR count). The van der Waals surface area contributed by atoms with E-state index in [1.165, 1.54) is 12.1 Å². The summed E-state index contributed by atoms with van der Waals surface area (Å²) in [6.07, 6.45) is 1.85. The molecule has 7 heteroatoms. The van der Waals surface area contributed by atoms with Crippen molar-refractivity contribution in [3.8, 4) is 0 Å². The van der Waals surface area contributed by atoms with E-state index in [0.717, 1.165) is 35.6 Å². The third kappa shape index (κ3) is 5.05. The minimum atomic E-state index is -4.32. The maximum Gasteiger partial charge on any atom is 0.416 e. The molecule has 0 aliphatic carbocycles. The monoisotopic (exact) mass is 396 g/mol. The molecule has 0 spiro atoms. The average molecular weight is 397 g/mol. The van der Waals surface area contributed by atoms with Crippen LogP contribution in [0.2, 0.25) is 5.02 Å². The molecule has 1 atom stereocenters. The van der Waals surface area contributed by atoms with Gasteiger partial charge in [-0.3, -0.25) is 0 Å². The van der Waals surface area contributed by atoms with E-state index in [1.807, 2.05) is 35.0 Å². The molecule has 0 amide bonds. The van der Waals surface area contributed by atoms with E-state index in [9.17, 15) is 13.2 Å². The van der Waals surface area contributed by atoms with Gasteiger partial charge in [-0.25, -0.2) is 4.98 Å². The van der Waals surface area contributed by atoms with Gasteiger partial charge in [0, 0.05) is 34.1 Å². The van der Waals surface area contributed by atoms with Crippen LogP contribution in [0.5, 0.6) is 0 Å². The molecule has 3 aromatic rings. The number of thioether (sulfide) groups is 1. The zero-order chi connectivity index (χ0) is 18.6. The fraction of sp³-hybridized carbons (Fsp3) is 0.211. The Morgan fingerprint density at radius 2 is 1.73 bits per heavy atom. The lowest BCUT2D eigenvalue weighted by Crippen LogP contribution is -2.04. The highest BCUT2D eigenvalue weighted by Crippen LogP contribution is 2.39. The van der Waals surface area contributed by atoms with Gasteiger partial charge < -0.3 is 4.57 Å². The van der Waals surface area contributed by atoms with Gasteiger partial charge in [0.1, 0.15) is 0 Å². The zero-order valence-electron chi connectivity index (χ0n) is 13.7. The van der Waals surface area contributed by atoms with E-state index in [4.69, 9.17) is 11.6 Å². The van der Waals surface area contributed by atoms with Crippen molar-refractivity contribution in [2.24, 2.45) is 0 Å². The van der Waals surface area contributed by atoms with Crippen LogP contribution in [0, 0.1) is 0 Å². The van der Waals surface area contributed by atoms with Gasteiger partial charge >= 0.3 is 6.18 Å². The standard InChI is InChI=1S/C19H16ClF3N2S/c20-16-5-1-14(2-6-16)18(9-11-25-12-10-24-13-25)26-17-7-3-15(4-8-17)19(21,22)23/h1-8,10,12-13,18H,9,11H2. The first-order valence-corrected chi connectivity index (χ1v) is 9.23. The highest BCUT2D eigenvalue weighted by Gasteiger charge is 2.30. The summed E-state index contributed by atoms with van der Waals surface area (Å²) in [5, 5.41) is 0.744. The van der Waals surface area contributed by atoms with Crippen molar-refractivity contribution in [2.45, 2.75) is 29.3 Å². The molecule has 0 bridgehead atoms. The molecule has 0 saturated heterocycles. The molecule has 26 heavy (non-hydrogen) atoms. The van der Waals surface area contributed by atoms with Gasteiger partial charge in [0.25, 0.3) is 0 Å². The summed E-state index contributed by atoms with van der Waals surface area (Å²) in [5.41, 5.74) is 0.447. The van der Waals surface area contributed by atoms with Crippen LogP contribution >= 0.6 is 23.4 Å². The molecule has 0 aliphatic heterocycles. The molecule has 136 valence electrons. The van der Waals surface area contributed by atoms with Gasteiger partial charge in [-0.05, 0) is 48.4 Å². The first-order valence-electron chi connectivity index (χ1n) is 7.97. The van der Waals surface area contributed by atoms with Gasteiger partial charge in [0.15, 0.2) is 0 Å². The first kappa shape index (κ1) is 18.9. The third-order valence-electron chi connectivity index (χ3n) is 3.91. The van der Waals surface area contributed by atoms with Crippen molar-refractivity contribution < 1.29 is 13.2 Å². The van der Waals surface area contributed by atoms with Crippen LogP contribution in [0.1, 0.15) is 22.8 Å². The molecule has 2 aromatic carbocycles. The van der Waals surface area contributed by atoms with Crippen LogP contribution in [0.4, 0.5) is 13.2 Å². The molecule has 1 unspecified atom stereocenters. The van der Waals surface area contributed by atoms with Crippen LogP contribution < -0.4 is 0 Å². The molecule has 1 heterocycles. The summed E-state index contributed by atoms with van der Waals surface area (Å²) in [6.45, 7) is 0.765. The molecule has 1 aromatic heterocycles. The maximum atomic E-state index is 12.7. The highest BCUT2D eigenvalue weighted by atomic mass is 35.5. The maximum absolute atomic E-state index is 12.7. The number of imidazole rings is 1. The predicted molar refractivity (Wildman–Crippen MR) is 98.3 cm³/mol. The van der Waals surface area contributed by atoms with Crippen LogP contribution in [-0.4, -0.2) is 9.55 Å². The number of rotatable bonds is 6. The molecule has 0 N–H and O–H groups in total. The fourth-order valence-corrected chi connectivity index (χ4v) is 3.81. The van der Waals surface area contributed by atoms with Gasteiger partial charge in [-0.1, -0.05) is 23.7 Å². The molecule has 2 nitrogen and oxygen atoms in total. The van der Waals surface area contributed by atoms with Gasteiger partial charge in [-0.15, -0.1) is 11.8 Å². The number of benzene rings is 2. The van der Waals surface area contributed by atoms with Crippen molar-refractivity contribution in [1.29, 1.82) is 0 Å². The Kier molecular flexibility index (Phi) is 5.94. The minimum absolute atomic E-state index is 0.0893. The van der Waals surface area contributed by atoms with E-state index >= 15 is 0 Å². The van der Waals surface area contributed by atoms with Crippen LogP contribution in [0.3, 0.4) is 0 Å². The summed E-state index contributed by atoms with van der Waals surface area (Å²) >= 11 is 7.51. The lowest BCUT2D eigenvalue weighted by molar-refractivity contribution is -0.137. The van der Waals surface area contributed by atoms with Crippen molar-refractivity contribution in [1.82, 2.24) is 9.55 Å². The summed E-state index contributed by atoms with van der Waals surface area (Å²) in [4.78, 5) is 4.83. The van der Waals surface area contributed by atoms with Crippen LogP contribution in [0.25, 0.3) is 0 Å². The predicted octanol–water partition coefficient (Wildman–Crippen LogP) is 6.48.